The first-order valence-electron chi connectivity index (χ1n) is 12.7. The Balaban J connectivity index is 1.42. The normalized spacial score (nSPS) is 12.4. The highest BCUT2D eigenvalue weighted by Crippen LogP contribution is 2.42. The number of phenolic OH excluding ortho intramolecular Hbond substituents is 1. The number of nitrogens with one attached hydrogen (secondary N) is 2. The highest BCUT2D eigenvalue weighted by Gasteiger charge is 2.23. The number of anilines is 3. The zero-order valence-corrected chi connectivity index (χ0v) is 26.4. The lowest BCUT2D eigenvalue weighted by molar-refractivity contribution is 0.472. The predicted octanol–water partition coefficient (Wildman–Crippen LogP) is 4.90. The van der Waals surface area contributed by atoms with E-state index in [4.69, 9.17) is 16.2 Å². The molecule has 1 aromatic heterocycles. The minimum Gasteiger partial charge on any atom is -0.505 e. The van der Waals surface area contributed by atoms with Gasteiger partial charge in [0, 0.05) is 16.8 Å². The third kappa shape index (κ3) is 7.94. The molecule has 4 aromatic carbocycles. The molecule has 0 bridgehead atoms. The molecule has 0 amide bonds. The van der Waals surface area contributed by atoms with E-state index in [-0.39, 0.29) is 45.0 Å². The lowest BCUT2D eigenvalue weighted by Gasteiger charge is -2.12. The van der Waals surface area contributed by atoms with Crippen molar-refractivity contribution in [3.8, 4) is 5.75 Å². The molecule has 0 saturated heterocycles. The number of hydrogen-bond donors (Lipinski definition) is 6. The van der Waals surface area contributed by atoms with Gasteiger partial charge in [-0.25, -0.2) is 4.98 Å². The standard InChI is InChI=1S/C26H20ClN7O10S3/c27-25-30-22(31-26(32-25)29-15-5-8-17(9-6-15)45(36,37)38)13-28-16-7-10-18-14(11-16)12-21(47(42,43)44)23(24(18)35)34-33-19-3-1-2-4-20(19)46(39,40)41/h1-12,28,35H,13H2,(H,36,37,38)(H,39,40,41)(H,42,43,44)(H,29,30,31,32). The second kappa shape index (κ2) is 12.8. The van der Waals surface area contributed by atoms with Crippen LogP contribution in [0.3, 0.4) is 0 Å². The molecule has 6 N–H and O–H groups in total. The van der Waals surface area contributed by atoms with Crippen LogP contribution in [0.25, 0.3) is 10.8 Å². The Bertz CT molecular complexity index is 2390. The maximum Gasteiger partial charge on any atom is 0.296 e. The molecule has 0 fully saturated rings. The largest absolute Gasteiger partial charge is 0.505 e. The molecule has 0 unspecified atom stereocenters. The van der Waals surface area contributed by atoms with Crippen LogP contribution in [0.2, 0.25) is 5.28 Å². The molecular formula is C26H20ClN7O10S3. The summed E-state index contributed by atoms with van der Waals surface area (Å²) in [4.78, 5) is 10.5. The molecule has 0 radical (unpaired) electrons. The summed E-state index contributed by atoms with van der Waals surface area (Å²) < 4.78 is 98.8. The van der Waals surface area contributed by atoms with Crippen LogP contribution in [0.5, 0.6) is 5.75 Å². The zero-order valence-electron chi connectivity index (χ0n) is 23.2. The van der Waals surface area contributed by atoms with Crippen molar-refractivity contribution in [2.24, 2.45) is 10.2 Å². The van der Waals surface area contributed by atoms with Gasteiger partial charge in [0.1, 0.15) is 21.2 Å². The molecule has 21 heteroatoms. The maximum absolute atomic E-state index is 12.3. The van der Waals surface area contributed by atoms with Crippen molar-refractivity contribution >= 4 is 81.4 Å². The first-order chi connectivity index (χ1) is 22.0. The summed E-state index contributed by atoms with van der Waals surface area (Å²) in [6.45, 7) is -0.0271. The van der Waals surface area contributed by atoms with Crippen LogP contribution in [-0.4, -0.2) is 59.0 Å². The van der Waals surface area contributed by atoms with Gasteiger partial charge in [0.25, 0.3) is 30.4 Å². The molecule has 47 heavy (non-hydrogen) atoms. The van der Waals surface area contributed by atoms with Crippen LogP contribution in [-0.2, 0) is 36.9 Å². The summed E-state index contributed by atoms with van der Waals surface area (Å²) in [6.07, 6.45) is 0. The number of benzene rings is 4. The number of phenols is 1. The van der Waals surface area contributed by atoms with Crippen LogP contribution in [0.4, 0.5) is 28.7 Å². The van der Waals surface area contributed by atoms with E-state index in [1.807, 2.05) is 0 Å². The summed E-state index contributed by atoms with van der Waals surface area (Å²) >= 11 is 6.04. The van der Waals surface area contributed by atoms with Crippen molar-refractivity contribution in [3.63, 3.8) is 0 Å². The quantitative estimate of drug-likeness (QED) is 0.0827. The fraction of sp³-hybridized carbons (Fsp3) is 0.0385. The number of aromatic nitrogens is 3. The fourth-order valence-electron chi connectivity index (χ4n) is 4.16. The summed E-state index contributed by atoms with van der Waals surface area (Å²) in [5.41, 5.74) is -0.272. The van der Waals surface area contributed by atoms with Crippen molar-refractivity contribution in [3.05, 3.63) is 83.9 Å². The second-order valence-corrected chi connectivity index (χ2v) is 14.0. The minimum absolute atomic E-state index is 0.0172. The van der Waals surface area contributed by atoms with E-state index in [1.54, 1.807) is 0 Å². The van der Waals surface area contributed by atoms with Crippen molar-refractivity contribution < 1.29 is 44.0 Å². The molecule has 0 aliphatic rings. The van der Waals surface area contributed by atoms with Gasteiger partial charge in [-0.3, -0.25) is 13.7 Å². The van der Waals surface area contributed by atoms with Crippen LogP contribution >= 0.6 is 11.6 Å². The molecule has 5 rings (SSSR count). The molecule has 244 valence electrons. The van der Waals surface area contributed by atoms with Gasteiger partial charge < -0.3 is 15.7 Å². The van der Waals surface area contributed by atoms with E-state index in [9.17, 15) is 39.5 Å². The number of hydrogen-bond acceptors (Lipinski definition) is 14. The number of fused-ring (bicyclic) bond motifs is 1. The molecule has 0 aliphatic carbocycles. The number of halogens is 1. The SMILES string of the molecule is O=S(=O)(O)c1ccc(Nc2nc(Cl)nc(CNc3ccc4c(O)c(N=Nc5ccccc5S(=O)(=O)O)c(S(=O)(=O)O)cc4c3)n2)cc1. The third-order valence-corrected chi connectivity index (χ3v) is 9.05. The van der Waals surface area contributed by atoms with E-state index in [0.29, 0.717) is 11.4 Å². The van der Waals surface area contributed by atoms with Crippen LogP contribution < -0.4 is 10.6 Å². The van der Waals surface area contributed by atoms with Gasteiger partial charge in [-0.15, -0.1) is 10.2 Å². The Hall–Kier alpha value is -4.83. The van der Waals surface area contributed by atoms with Gasteiger partial charge in [-0.05, 0) is 77.7 Å². The Morgan fingerprint density at radius 2 is 1.38 bits per heavy atom. The van der Waals surface area contributed by atoms with E-state index in [1.165, 1.54) is 60.7 Å². The number of nitrogens with zero attached hydrogens (tertiary/aromatic N) is 5. The van der Waals surface area contributed by atoms with Crippen molar-refractivity contribution in [2.45, 2.75) is 21.2 Å². The molecule has 5 aromatic rings. The first-order valence-corrected chi connectivity index (χ1v) is 17.4. The van der Waals surface area contributed by atoms with Crippen LogP contribution in [0.1, 0.15) is 5.82 Å². The van der Waals surface area contributed by atoms with E-state index in [2.05, 4.69) is 35.8 Å². The summed E-state index contributed by atoms with van der Waals surface area (Å²) in [5, 5.41) is 24.2. The molecule has 17 nitrogen and oxygen atoms in total. The summed E-state index contributed by atoms with van der Waals surface area (Å²) in [6, 6.07) is 15.4. The average molecular weight is 722 g/mol. The molecular weight excluding hydrogens is 702 g/mol. The first kappa shape index (κ1) is 33.5. The van der Waals surface area contributed by atoms with Gasteiger partial charge in [0.2, 0.25) is 11.2 Å². The number of aromatic hydroxyl groups is 1. The van der Waals surface area contributed by atoms with Crippen LogP contribution in [0, 0.1) is 0 Å². The molecule has 0 aliphatic heterocycles. The minimum atomic E-state index is -5.00. The van der Waals surface area contributed by atoms with Gasteiger partial charge in [0.05, 0.1) is 11.4 Å². The maximum atomic E-state index is 12.3. The Morgan fingerprint density at radius 1 is 0.723 bits per heavy atom. The fourth-order valence-corrected chi connectivity index (χ4v) is 6.10. The third-order valence-electron chi connectivity index (χ3n) is 6.24. The molecule has 0 saturated carbocycles. The van der Waals surface area contributed by atoms with Gasteiger partial charge in [-0.1, -0.05) is 12.1 Å². The molecule has 1 heterocycles. The number of azo groups is 1. The average Bonchev–Trinajstić information content (AvgIpc) is 2.98. The number of rotatable bonds is 10. The van der Waals surface area contributed by atoms with Crippen LogP contribution in [0.15, 0.2) is 97.7 Å². The van der Waals surface area contributed by atoms with Gasteiger partial charge >= 0.3 is 0 Å². The van der Waals surface area contributed by atoms with Gasteiger partial charge in [-0.2, -0.15) is 35.2 Å². The van der Waals surface area contributed by atoms with E-state index >= 15 is 0 Å². The molecule has 0 spiro atoms. The topological polar surface area (TPSA) is 271 Å². The van der Waals surface area contributed by atoms with E-state index < -0.39 is 51.6 Å². The van der Waals surface area contributed by atoms with E-state index in [0.717, 1.165) is 12.1 Å². The highest BCUT2D eigenvalue weighted by atomic mass is 35.5. The monoisotopic (exact) mass is 721 g/mol. The van der Waals surface area contributed by atoms with Crippen molar-refractivity contribution in [1.29, 1.82) is 0 Å². The summed E-state index contributed by atoms with van der Waals surface area (Å²) in [7, 11) is -14.1. The van der Waals surface area contributed by atoms with Crippen molar-refractivity contribution in [2.75, 3.05) is 10.6 Å². The molecule has 0 atom stereocenters. The predicted molar refractivity (Wildman–Crippen MR) is 168 cm³/mol. The Kier molecular flexibility index (Phi) is 9.10. The second-order valence-electron chi connectivity index (χ2n) is 9.45. The summed E-state index contributed by atoms with van der Waals surface area (Å²) in [5.74, 6) is -0.521. The zero-order chi connectivity index (χ0) is 34.1. The smallest absolute Gasteiger partial charge is 0.296 e. The van der Waals surface area contributed by atoms with Gasteiger partial charge in [0.15, 0.2) is 11.6 Å². The lowest BCUT2D eigenvalue weighted by Crippen LogP contribution is -2.08. The Labute approximate surface area is 271 Å². The Morgan fingerprint density at radius 3 is 2.04 bits per heavy atom. The highest BCUT2D eigenvalue weighted by molar-refractivity contribution is 7.86. The lowest BCUT2D eigenvalue weighted by atomic mass is 10.1. The van der Waals surface area contributed by atoms with Crippen molar-refractivity contribution in [1.82, 2.24) is 15.0 Å².